The van der Waals surface area contributed by atoms with E-state index >= 15 is 0 Å². The maximum Gasteiger partial charge on any atom is 0.242 e. The first-order valence-electron chi connectivity index (χ1n) is 13.1. The Morgan fingerprint density at radius 2 is 1.76 bits per heavy atom. The second kappa shape index (κ2) is 11.2. The van der Waals surface area contributed by atoms with E-state index in [1.54, 1.807) is 4.90 Å². The maximum absolute atomic E-state index is 13.3. The Morgan fingerprint density at radius 1 is 1.03 bits per heavy atom. The lowest BCUT2D eigenvalue weighted by Crippen LogP contribution is -2.58. The smallest absolute Gasteiger partial charge is 0.242 e. The van der Waals surface area contributed by atoms with Gasteiger partial charge in [0.25, 0.3) is 0 Å². The average Bonchev–Trinajstić information content (AvgIpc) is 3.56. The van der Waals surface area contributed by atoms with Crippen LogP contribution in [0.5, 0.6) is 0 Å². The van der Waals surface area contributed by atoms with Crippen LogP contribution in [0.1, 0.15) is 71.1 Å². The van der Waals surface area contributed by atoms with Crippen LogP contribution in [0.2, 0.25) is 0 Å². The summed E-state index contributed by atoms with van der Waals surface area (Å²) in [5.74, 6) is 1.29. The number of nitrogens with two attached hydrogens (primary N) is 1. The van der Waals surface area contributed by atoms with Crippen molar-refractivity contribution in [3.63, 3.8) is 0 Å². The van der Waals surface area contributed by atoms with Crippen molar-refractivity contribution in [2.24, 2.45) is 23.5 Å². The predicted molar refractivity (Wildman–Crippen MR) is 125 cm³/mol. The van der Waals surface area contributed by atoms with Gasteiger partial charge in [0.1, 0.15) is 6.04 Å². The van der Waals surface area contributed by atoms with Crippen molar-refractivity contribution in [2.45, 2.75) is 89.3 Å². The van der Waals surface area contributed by atoms with Gasteiger partial charge in [-0.3, -0.25) is 14.4 Å². The van der Waals surface area contributed by atoms with Crippen molar-refractivity contribution in [3.05, 3.63) is 0 Å². The van der Waals surface area contributed by atoms with Crippen LogP contribution in [0.4, 0.5) is 0 Å². The number of amides is 3. The van der Waals surface area contributed by atoms with Crippen LogP contribution in [0.15, 0.2) is 0 Å². The fourth-order valence-corrected chi connectivity index (χ4v) is 5.88. The highest BCUT2D eigenvalue weighted by Crippen LogP contribution is 2.34. The largest absolute Gasteiger partial charge is 0.376 e. The van der Waals surface area contributed by atoms with Gasteiger partial charge in [-0.15, -0.1) is 0 Å². The molecule has 0 aromatic heterocycles. The van der Waals surface area contributed by atoms with E-state index in [0.717, 1.165) is 70.9 Å². The number of carbonyl (C=O) groups excluding carboxylic acids is 3. The van der Waals surface area contributed by atoms with Crippen molar-refractivity contribution in [1.29, 1.82) is 0 Å². The molecular formula is C25H42N4O4. The third-order valence-corrected chi connectivity index (χ3v) is 8.22. The summed E-state index contributed by atoms with van der Waals surface area (Å²) >= 11 is 0. The second-order valence-corrected chi connectivity index (χ2v) is 10.7. The molecule has 3 N–H and O–H groups in total. The van der Waals surface area contributed by atoms with E-state index in [0.29, 0.717) is 37.9 Å². The Balaban J connectivity index is 1.38. The SMILES string of the molecule is CC(=O)N1CCC(N(CC2CCCO2)C(=O)C2CC2)C[C@@H]1C(=O)NCC1CCC(CN)CC1. The average molecular weight is 463 g/mol. The van der Waals surface area contributed by atoms with E-state index in [9.17, 15) is 14.4 Å². The number of nitrogens with one attached hydrogen (secondary N) is 1. The van der Waals surface area contributed by atoms with Gasteiger partial charge in [0.15, 0.2) is 0 Å². The van der Waals surface area contributed by atoms with E-state index in [2.05, 4.69) is 5.32 Å². The molecule has 4 fully saturated rings. The number of hydrogen-bond donors (Lipinski definition) is 2. The molecule has 0 aromatic carbocycles. The fraction of sp³-hybridized carbons (Fsp3) is 0.880. The Labute approximate surface area is 197 Å². The molecule has 0 radical (unpaired) electrons. The van der Waals surface area contributed by atoms with Gasteiger partial charge in [0.05, 0.1) is 6.10 Å². The van der Waals surface area contributed by atoms with Gasteiger partial charge < -0.3 is 25.6 Å². The molecule has 186 valence electrons. The molecule has 33 heavy (non-hydrogen) atoms. The molecule has 8 nitrogen and oxygen atoms in total. The molecule has 3 amide bonds. The molecule has 2 heterocycles. The lowest BCUT2D eigenvalue weighted by atomic mass is 9.82. The highest BCUT2D eigenvalue weighted by Gasteiger charge is 2.42. The molecular weight excluding hydrogens is 420 g/mol. The number of rotatable bonds is 8. The normalized spacial score (nSPS) is 32.4. The summed E-state index contributed by atoms with van der Waals surface area (Å²) in [5.41, 5.74) is 5.80. The molecule has 2 saturated heterocycles. The first kappa shape index (κ1) is 24.5. The minimum atomic E-state index is -0.513. The van der Waals surface area contributed by atoms with Crippen molar-refractivity contribution < 1.29 is 19.1 Å². The van der Waals surface area contributed by atoms with Crippen LogP contribution in [-0.4, -0.2) is 78.5 Å². The molecule has 2 aliphatic heterocycles. The summed E-state index contributed by atoms with van der Waals surface area (Å²) in [6.45, 7) is 4.82. The molecule has 0 bridgehead atoms. The molecule has 3 atom stereocenters. The number of likely N-dealkylation sites (tertiary alicyclic amines) is 1. The maximum atomic E-state index is 13.3. The second-order valence-electron chi connectivity index (χ2n) is 10.7. The number of piperidine rings is 1. The molecule has 2 unspecified atom stereocenters. The fourth-order valence-electron chi connectivity index (χ4n) is 5.88. The van der Waals surface area contributed by atoms with Gasteiger partial charge in [-0.05, 0) is 82.6 Å². The van der Waals surface area contributed by atoms with E-state index in [1.165, 1.54) is 6.92 Å². The monoisotopic (exact) mass is 462 g/mol. The molecule has 2 aliphatic carbocycles. The van der Waals surface area contributed by atoms with Crippen molar-refractivity contribution in [3.8, 4) is 0 Å². The molecule has 0 aromatic rings. The molecule has 4 aliphatic rings. The van der Waals surface area contributed by atoms with Crippen molar-refractivity contribution in [2.75, 3.05) is 32.8 Å². The summed E-state index contributed by atoms with van der Waals surface area (Å²) < 4.78 is 5.83. The highest BCUT2D eigenvalue weighted by molar-refractivity contribution is 5.87. The Morgan fingerprint density at radius 3 is 2.36 bits per heavy atom. The minimum Gasteiger partial charge on any atom is -0.376 e. The quantitative estimate of drug-likeness (QED) is 0.571. The first-order chi connectivity index (χ1) is 16.0. The topological polar surface area (TPSA) is 105 Å². The number of carbonyl (C=O) groups is 3. The molecule has 4 rings (SSSR count). The number of hydrogen-bond acceptors (Lipinski definition) is 5. The Kier molecular flexibility index (Phi) is 8.28. The van der Waals surface area contributed by atoms with Crippen LogP contribution in [-0.2, 0) is 19.1 Å². The van der Waals surface area contributed by atoms with Crippen LogP contribution < -0.4 is 11.1 Å². The zero-order chi connectivity index (χ0) is 23.4. The zero-order valence-corrected chi connectivity index (χ0v) is 20.2. The van der Waals surface area contributed by atoms with Gasteiger partial charge in [-0.1, -0.05) is 0 Å². The Bertz CT molecular complexity index is 699. The van der Waals surface area contributed by atoms with E-state index in [-0.39, 0.29) is 35.8 Å². The zero-order valence-electron chi connectivity index (χ0n) is 20.2. The summed E-state index contributed by atoms with van der Waals surface area (Å²) in [7, 11) is 0. The standard InChI is InChI=1S/C25H42N4O4/c1-17(30)28-11-10-21(29(25(32)20-8-9-20)16-22-3-2-12-33-22)13-23(28)24(31)27-15-19-6-4-18(14-26)5-7-19/h18-23H,2-16,26H2,1H3,(H,27,31)/t18?,19?,21?,22?,23-/m1/s1. The van der Waals surface area contributed by atoms with Crippen molar-refractivity contribution in [1.82, 2.24) is 15.1 Å². The first-order valence-corrected chi connectivity index (χ1v) is 13.1. The lowest BCUT2D eigenvalue weighted by molar-refractivity contribution is -0.146. The number of nitrogens with zero attached hydrogens (tertiary/aromatic N) is 2. The van der Waals surface area contributed by atoms with Crippen LogP contribution in [0, 0.1) is 17.8 Å². The van der Waals surface area contributed by atoms with Crippen LogP contribution in [0.3, 0.4) is 0 Å². The van der Waals surface area contributed by atoms with Gasteiger partial charge in [0, 0.05) is 45.1 Å². The summed E-state index contributed by atoms with van der Waals surface area (Å²) in [4.78, 5) is 42.4. The number of ether oxygens (including phenoxy) is 1. The predicted octanol–water partition coefficient (Wildman–Crippen LogP) is 1.66. The lowest BCUT2D eigenvalue weighted by Gasteiger charge is -2.43. The van der Waals surface area contributed by atoms with Crippen LogP contribution in [0.25, 0.3) is 0 Å². The van der Waals surface area contributed by atoms with Gasteiger partial charge >= 0.3 is 0 Å². The molecule has 2 saturated carbocycles. The molecule has 0 spiro atoms. The van der Waals surface area contributed by atoms with Crippen LogP contribution >= 0.6 is 0 Å². The van der Waals surface area contributed by atoms with E-state index in [1.807, 2.05) is 4.90 Å². The van der Waals surface area contributed by atoms with Gasteiger partial charge in [-0.2, -0.15) is 0 Å². The Hall–Kier alpha value is -1.67. The summed E-state index contributed by atoms with van der Waals surface area (Å²) in [5, 5.41) is 3.14. The van der Waals surface area contributed by atoms with Crippen molar-refractivity contribution >= 4 is 17.7 Å². The van der Waals surface area contributed by atoms with Gasteiger partial charge in [-0.25, -0.2) is 0 Å². The third kappa shape index (κ3) is 6.27. The minimum absolute atomic E-state index is 0.0198. The van der Waals surface area contributed by atoms with E-state index in [4.69, 9.17) is 10.5 Å². The van der Waals surface area contributed by atoms with E-state index < -0.39 is 6.04 Å². The molecule has 8 heteroatoms. The highest BCUT2D eigenvalue weighted by atomic mass is 16.5. The summed E-state index contributed by atoms with van der Waals surface area (Å²) in [6.07, 6.45) is 9.71. The van der Waals surface area contributed by atoms with Gasteiger partial charge in [0.2, 0.25) is 17.7 Å². The third-order valence-electron chi connectivity index (χ3n) is 8.22. The summed E-state index contributed by atoms with van der Waals surface area (Å²) in [6, 6.07) is -0.533.